The Morgan fingerprint density at radius 2 is 1.65 bits per heavy atom. The Balaban J connectivity index is 2.27. The minimum Gasteiger partial charge on any atom is -0.438 e. The van der Waals surface area contributed by atoms with Crippen molar-refractivity contribution in [1.29, 1.82) is 0 Å². The summed E-state index contributed by atoms with van der Waals surface area (Å²) in [4.78, 5) is 0. The topological polar surface area (TPSA) is 35.0 Å². The van der Waals surface area contributed by atoms with E-state index in [1.54, 1.807) is 0 Å². The van der Waals surface area contributed by atoms with Gasteiger partial charge in [0.1, 0.15) is 5.75 Å². The fourth-order valence-corrected chi connectivity index (χ4v) is 1.76. The van der Waals surface area contributed by atoms with Gasteiger partial charge in [-0.3, -0.25) is 0 Å². The molecule has 1 aromatic carbocycles. The third-order valence-corrected chi connectivity index (χ3v) is 3.66. The molecule has 2 rings (SSSR count). The lowest BCUT2D eigenvalue weighted by molar-refractivity contribution is 0.453. The van der Waals surface area contributed by atoms with E-state index in [-0.39, 0.29) is 0 Å². The van der Waals surface area contributed by atoms with Crippen LogP contribution >= 0.6 is 15.9 Å². The summed E-state index contributed by atoms with van der Waals surface area (Å²) < 4.78 is 6.77. The fourth-order valence-electron chi connectivity index (χ4n) is 1.53. The molecule has 0 N–H and O–H groups in total. The summed E-state index contributed by atoms with van der Waals surface area (Å²) in [6.07, 6.45) is 0. The predicted molar refractivity (Wildman–Crippen MR) is 70.5 cm³/mol. The van der Waals surface area contributed by atoms with E-state index in [0.717, 1.165) is 27.0 Å². The van der Waals surface area contributed by atoms with E-state index in [4.69, 9.17) is 4.74 Å². The highest BCUT2D eigenvalue weighted by Gasteiger charge is 2.05. The number of aromatic nitrogens is 2. The minimum absolute atomic E-state index is 0.511. The number of rotatable bonds is 2. The lowest BCUT2D eigenvalue weighted by atomic mass is 10.1. The van der Waals surface area contributed by atoms with Gasteiger partial charge in [0.25, 0.3) is 0 Å². The van der Waals surface area contributed by atoms with Crippen LogP contribution in [0.25, 0.3) is 0 Å². The van der Waals surface area contributed by atoms with Crippen molar-refractivity contribution in [1.82, 2.24) is 10.2 Å². The molecule has 0 saturated heterocycles. The second-order valence-electron chi connectivity index (χ2n) is 3.99. The summed E-state index contributed by atoms with van der Waals surface area (Å²) in [6, 6.07) is 7.63. The maximum absolute atomic E-state index is 5.66. The maximum Gasteiger partial charge on any atom is 0.238 e. The molecule has 0 aliphatic carbocycles. The molecule has 0 fully saturated rings. The van der Waals surface area contributed by atoms with E-state index in [1.165, 1.54) is 0 Å². The van der Waals surface area contributed by atoms with E-state index in [9.17, 15) is 0 Å². The Bertz CT molecular complexity index is 515. The molecule has 0 saturated carbocycles. The van der Waals surface area contributed by atoms with Crippen LogP contribution in [0.15, 0.2) is 28.7 Å². The third-order valence-electron chi connectivity index (χ3n) is 2.41. The molecular weight excluding hydrogens is 280 g/mol. The number of halogens is 1. The molecule has 0 unspecified atom stereocenters. The number of hydrogen-bond acceptors (Lipinski definition) is 3. The fraction of sp³-hybridized carbons (Fsp3) is 0.231. The van der Waals surface area contributed by atoms with Crippen LogP contribution in [0, 0.1) is 20.8 Å². The van der Waals surface area contributed by atoms with Crippen molar-refractivity contribution in [3.05, 3.63) is 45.6 Å². The highest BCUT2D eigenvalue weighted by Crippen LogP contribution is 2.28. The summed E-state index contributed by atoms with van der Waals surface area (Å²) in [5.74, 6) is 1.29. The van der Waals surface area contributed by atoms with Gasteiger partial charge in [-0.1, -0.05) is 15.9 Å². The zero-order valence-electron chi connectivity index (χ0n) is 9.99. The Hall–Kier alpha value is -1.42. The van der Waals surface area contributed by atoms with Gasteiger partial charge >= 0.3 is 0 Å². The quantitative estimate of drug-likeness (QED) is 0.840. The van der Waals surface area contributed by atoms with Gasteiger partial charge in [0, 0.05) is 10.5 Å². The molecule has 0 bridgehead atoms. The van der Waals surface area contributed by atoms with Gasteiger partial charge in [0.15, 0.2) is 0 Å². The van der Waals surface area contributed by atoms with Crippen LogP contribution in [0.2, 0.25) is 0 Å². The summed E-state index contributed by atoms with van der Waals surface area (Å²) in [6.45, 7) is 5.96. The first-order valence-corrected chi connectivity index (χ1v) is 6.10. The van der Waals surface area contributed by atoms with Gasteiger partial charge in [0.2, 0.25) is 5.88 Å². The van der Waals surface area contributed by atoms with Crippen LogP contribution in [-0.2, 0) is 0 Å². The standard InChI is InChI=1S/C13H13BrN2O/c1-8-6-11(7-9(2)13(8)14)17-12-5-4-10(3)15-16-12/h4-7H,1-3H3. The zero-order chi connectivity index (χ0) is 12.4. The number of aryl methyl sites for hydroxylation is 3. The van der Waals surface area contributed by atoms with E-state index in [1.807, 2.05) is 45.0 Å². The molecule has 0 aliphatic rings. The summed E-state index contributed by atoms with van der Waals surface area (Å²) in [7, 11) is 0. The van der Waals surface area contributed by atoms with Gasteiger partial charge in [-0.2, -0.15) is 5.10 Å². The van der Waals surface area contributed by atoms with Gasteiger partial charge in [0.05, 0.1) is 5.69 Å². The van der Waals surface area contributed by atoms with Crippen LogP contribution in [0.3, 0.4) is 0 Å². The average Bonchev–Trinajstić information content (AvgIpc) is 2.29. The van der Waals surface area contributed by atoms with Crippen molar-refractivity contribution >= 4 is 15.9 Å². The molecule has 4 heteroatoms. The number of hydrogen-bond donors (Lipinski definition) is 0. The van der Waals surface area contributed by atoms with Crippen molar-refractivity contribution in [2.45, 2.75) is 20.8 Å². The molecule has 1 aromatic heterocycles. The van der Waals surface area contributed by atoms with E-state index < -0.39 is 0 Å². The van der Waals surface area contributed by atoms with Crippen molar-refractivity contribution in [2.24, 2.45) is 0 Å². The lowest BCUT2D eigenvalue weighted by Crippen LogP contribution is -1.93. The summed E-state index contributed by atoms with van der Waals surface area (Å²) >= 11 is 3.52. The Kier molecular flexibility index (Phi) is 3.43. The van der Waals surface area contributed by atoms with Gasteiger partial charge in [-0.25, -0.2) is 0 Å². The first-order chi connectivity index (χ1) is 8.06. The molecule has 0 atom stereocenters. The molecule has 17 heavy (non-hydrogen) atoms. The summed E-state index contributed by atoms with van der Waals surface area (Å²) in [5.41, 5.74) is 3.15. The van der Waals surface area contributed by atoms with Crippen LogP contribution < -0.4 is 4.74 Å². The van der Waals surface area contributed by atoms with E-state index in [2.05, 4.69) is 26.1 Å². The maximum atomic E-state index is 5.66. The molecular formula is C13H13BrN2O. The van der Waals surface area contributed by atoms with E-state index in [0.29, 0.717) is 5.88 Å². The predicted octanol–water partition coefficient (Wildman–Crippen LogP) is 3.96. The molecule has 0 radical (unpaired) electrons. The van der Waals surface area contributed by atoms with E-state index >= 15 is 0 Å². The van der Waals surface area contributed by atoms with Crippen LogP contribution in [0.1, 0.15) is 16.8 Å². The van der Waals surface area contributed by atoms with Crippen molar-refractivity contribution in [3.63, 3.8) is 0 Å². The molecule has 88 valence electrons. The van der Waals surface area contributed by atoms with Gasteiger partial charge in [-0.05, 0) is 50.1 Å². The lowest BCUT2D eigenvalue weighted by Gasteiger charge is -2.08. The van der Waals surface area contributed by atoms with Crippen molar-refractivity contribution < 1.29 is 4.74 Å². The van der Waals surface area contributed by atoms with Crippen LogP contribution in [0.5, 0.6) is 11.6 Å². The third kappa shape index (κ3) is 2.82. The summed E-state index contributed by atoms with van der Waals surface area (Å²) in [5, 5.41) is 7.92. The van der Waals surface area contributed by atoms with Crippen molar-refractivity contribution in [3.8, 4) is 11.6 Å². The first-order valence-electron chi connectivity index (χ1n) is 5.31. The second kappa shape index (κ2) is 4.84. The second-order valence-corrected chi connectivity index (χ2v) is 4.78. The van der Waals surface area contributed by atoms with Crippen LogP contribution in [0.4, 0.5) is 0 Å². The number of benzene rings is 1. The zero-order valence-corrected chi connectivity index (χ0v) is 11.6. The normalized spacial score (nSPS) is 10.4. The highest BCUT2D eigenvalue weighted by atomic mass is 79.9. The van der Waals surface area contributed by atoms with Gasteiger partial charge < -0.3 is 4.74 Å². The number of ether oxygens (including phenoxy) is 1. The smallest absolute Gasteiger partial charge is 0.238 e. The highest BCUT2D eigenvalue weighted by molar-refractivity contribution is 9.10. The Morgan fingerprint density at radius 1 is 1.00 bits per heavy atom. The molecule has 0 aliphatic heterocycles. The van der Waals surface area contributed by atoms with Crippen molar-refractivity contribution in [2.75, 3.05) is 0 Å². The Labute approximate surface area is 109 Å². The average molecular weight is 293 g/mol. The monoisotopic (exact) mass is 292 g/mol. The molecule has 1 heterocycles. The molecule has 2 aromatic rings. The first kappa shape index (κ1) is 12.0. The minimum atomic E-state index is 0.511. The van der Waals surface area contributed by atoms with Crippen LogP contribution in [-0.4, -0.2) is 10.2 Å². The Morgan fingerprint density at radius 3 is 2.18 bits per heavy atom. The molecule has 0 spiro atoms. The number of nitrogens with zero attached hydrogens (tertiary/aromatic N) is 2. The SMILES string of the molecule is Cc1ccc(Oc2cc(C)c(Br)c(C)c2)nn1. The largest absolute Gasteiger partial charge is 0.438 e. The molecule has 3 nitrogen and oxygen atoms in total. The molecule has 0 amide bonds. The van der Waals surface area contributed by atoms with Gasteiger partial charge in [-0.15, -0.1) is 5.10 Å².